The van der Waals surface area contributed by atoms with E-state index in [1.54, 1.807) is 13.0 Å². The van der Waals surface area contributed by atoms with E-state index >= 15 is 0 Å². The molecule has 1 aliphatic heterocycles. The molecule has 0 spiro atoms. The third-order valence-electron chi connectivity index (χ3n) is 5.60. The Balaban J connectivity index is 1.65. The number of nitrogens with one attached hydrogen (secondary N) is 2. The summed E-state index contributed by atoms with van der Waals surface area (Å²) >= 11 is 0. The predicted molar refractivity (Wildman–Crippen MR) is 115 cm³/mol. The van der Waals surface area contributed by atoms with Crippen LogP contribution in [-0.4, -0.2) is 47.9 Å². The maximum Gasteiger partial charge on any atom is 0.326 e. The molecule has 4 amide bonds. The van der Waals surface area contributed by atoms with E-state index in [-0.39, 0.29) is 6.04 Å². The largest absolute Gasteiger partial charge is 0.454 e. The minimum Gasteiger partial charge on any atom is -0.454 e. The van der Waals surface area contributed by atoms with Crippen LogP contribution in [0.15, 0.2) is 42.5 Å². The van der Waals surface area contributed by atoms with Crippen LogP contribution in [0.1, 0.15) is 39.2 Å². The number of carbonyl (C=O) groups excluding carboxylic acids is 4. The third-order valence-corrected chi connectivity index (χ3v) is 5.60. The maximum absolute atomic E-state index is 13.0. The van der Waals surface area contributed by atoms with Crippen LogP contribution in [0, 0.1) is 0 Å². The Morgan fingerprint density at radius 2 is 1.77 bits per heavy atom. The summed E-state index contributed by atoms with van der Waals surface area (Å²) < 4.78 is 4.96. The van der Waals surface area contributed by atoms with Gasteiger partial charge in [0.2, 0.25) is 0 Å². The number of urea groups is 1. The van der Waals surface area contributed by atoms with Gasteiger partial charge in [0.25, 0.3) is 11.8 Å². The molecule has 3 rings (SSSR count). The first-order chi connectivity index (χ1) is 14.8. The Hall–Kier alpha value is -3.42. The first-order valence-electron chi connectivity index (χ1n) is 10.4. The lowest BCUT2D eigenvalue weighted by atomic mass is 9.90. The van der Waals surface area contributed by atoms with E-state index in [0.29, 0.717) is 5.56 Å². The van der Waals surface area contributed by atoms with Gasteiger partial charge in [0.15, 0.2) is 6.61 Å². The standard InChI is InChI=1S/C23H27N3O5/c1-4-18(5-2)24-19(27)14-31-20(28)13-26-21(29)23(3,25-22(26)30)17-11-10-15-8-6-7-9-16(15)12-17/h6-12,18H,4-5,13-14H2,1-3H3,(H,24,27)(H,25,30)/t23-/m1/s1. The average molecular weight is 425 g/mol. The van der Waals surface area contributed by atoms with Crippen molar-refractivity contribution in [2.45, 2.75) is 45.2 Å². The lowest BCUT2D eigenvalue weighted by Gasteiger charge is -2.22. The number of rotatable bonds is 8. The number of imide groups is 1. The molecule has 0 saturated carbocycles. The summed E-state index contributed by atoms with van der Waals surface area (Å²) in [4.78, 5) is 50.3. The summed E-state index contributed by atoms with van der Waals surface area (Å²) in [5.41, 5.74) is -0.682. The fraction of sp³-hybridized carbons (Fsp3) is 0.391. The molecule has 0 radical (unpaired) electrons. The second-order valence-corrected chi connectivity index (χ2v) is 7.75. The zero-order valence-corrected chi connectivity index (χ0v) is 17.9. The number of nitrogens with zero attached hydrogens (tertiary/aromatic N) is 1. The first kappa shape index (κ1) is 22.3. The van der Waals surface area contributed by atoms with E-state index in [1.807, 2.05) is 50.2 Å². The summed E-state index contributed by atoms with van der Waals surface area (Å²) in [6, 6.07) is 12.5. The van der Waals surface area contributed by atoms with Crippen molar-refractivity contribution in [3.63, 3.8) is 0 Å². The van der Waals surface area contributed by atoms with Gasteiger partial charge in [0.1, 0.15) is 12.1 Å². The first-order valence-corrected chi connectivity index (χ1v) is 10.4. The monoisotopic (exact) mass is 425 g/mol. The fourth-order valence-electron chi connectivity index (χ4n) is 3.62. The van der Waals surface area contributed by atoms with Crippen molar-refractivity contribution in [1.29, 1.82) is 0 Å². The molecule has 1 saturated heterocycles. The van der Waals surface area contributed by atoms with Gasteiger partial charge >= 0.3 is 12.0 Å². The molecule has 2 aromatic rings. The fourth-order valence-corrected chi connectivity index (χ4v) is 3.62. The van der Waals surface area contributed by atoms with Gasteiger partial charge in [0, 0.05) is 6.04 Å². The third kappa shape index (κ3) is 4.68. The summed E-state index contributed by atoms with van der Waals surface area (Å²) in [6.07, 6.45) is 1.54. The molecule has 1 atom stereocenters. The molecule has 0 aliphatic carbocycles. The molecule has 164 valence electrons. The van der Waals surface area contributed by atoms with Gasteiger partial charge in [-0.1, -0.05) is 50.2 Å². The lowest BCUT2D eigenvalue weighted by Crippen LogP contribution is -2.42. The average Bonchev–Trinajstić information content (AvgIpc) is 2.99. The molecule has 0 unspecified atom stereocenters. The lowest BCUT2D eigenvalue weighted by molar-refractivity contribution is -0.151. The number of ether oxygens (including phenoxy) is 1. The van der Waals surface area contributed by atoms with E-state index < -0.39 is 42.5 Å². The van der Waals surface area contributed by atoms with E-state index in [1.165, 1.54) is 0 Å². The molecule has 8 nitrogen and oxygen atoms in total. The SMILES string of the molecule is CCC(CC)NC(=O)COC(=O)CN1C(=O)N[C@](C)(c2ccc3ccccc3c2)C1=O. The number of hydrogen-bond donors (Lipinski definition) is 2. The van der Waals surface area contributed by atoms with E-state index in [0.717, 1.165) is 28.5 Å². The predicted octanol–water partition coefficient (Wildman–Crippen LogP) is 2.45. The highest BCUT2D eigenvalue weighted by Gasteiger charge is 2.49. The van der Waals surface area contributed by atoms with Crippen molar-refractivity contribution < 1.29 is 23.9 Å². The van der Waals surface area contributed by atoms with E-state index in [2.05, 4.69) is 10.6 Å². The van der Waals surface area contributed by atoms with Gasteiger partial charge in [-0.2, -0.15) is 0 Å². The topological polar surface area (TPSA) is 105 Å². The van der Waals surface area contributed by atoms with Crippen LogP contribution < -0.4 is 10.6 Å². The van der Waals surface area contributed by atoms with Crippen LogP contribution in [0.5, 0.6) is 0 Å². The Morgan fingerprint density at radius 3 is 2.45 bits per heavy atom. The molecular formula is C23H27N3O5. The number of esters is 1. The van der Waals surface area contributed by atoms with E-state index in [9.17, 15) is 19.2 Å². The Bertz CT molecular complexity index is 1020. The van der Waals surface area contributed by atoms with Crippen LogP contribution in [-0.2, 0) is 24.7 Å². The van der Waals surface area contributed by atoms with Gasteiger partial charge in [-0.05, 0) is 42.2 Å². The van der Waals surface area contributed by atoms with Crippen molar-refractivity contribution in [2.75, 3.05) is 13.2 Å². The van der Waals surface area contributed by atoms with Crippen molar-refractivity contribution in [2.24, 2.45) is 0 Å². The molecule has 8 heteroatoms. The summed E-state index contributed by atoms with van der Waals surface area (Å²) in [7, 11) is 0. The Kier molecular flexibility index (Phi) is 6.58. The Labute approximate surface area is 180 Å². The minimum atomic E-state index is -1.30. The zero-order chi connectivity index (χ0) is 22.6. The number of amides is 4. The summed E-state index contributed by atoms with van der Waals surface area (Å²) in [5, 5.41) is 7.38. The van der Waals surface area contributed by atoms with Gasteiger partial charge < -0.3 is 15.4 Å². The number of hydrogen-bond acceptors (Lipinski definition) is 5. The molecule has 31 heavy (non-hydrogen) atoms. The second-order valence-electron chi connectivity index (χ2n) is 7.75. The molecule has 1 heterocycles. The molecule has 1 fully saturated rings. The molecule has 2 aromatic carbocycles. The zero-order valence-electron chi connectivity index (χ0n) is 17.9. The molecule has 0 aromatic heterocycles. The number of benzene rings is 2. The van der Waals surface area contributed by atoms with Crippen molar-refractivity contribution in [3.8, 4) is 0 Å². The van der Waals surface area contributed by atoms with Gasteiger partial charge in [-0.25, -0.2) is 4.79 Å². The van der Waals surface area contributed by atoms with Crippen LogP contribution in [0.4, 0.5) is 4.79 Å². The summed E-state index contributed by atoms with van der Waals surface area (Å²) in [5.74, 6) is -1.79. The van der Waals surface area contributed by atoms with Crippen LogP contribution >= 0.6 is 0 Å². The van der Waals surface area contributed by atoms with Crippen LogP contribution in [0.25, 0.3) is 10.8 Å². The molecule has 1 aliphatic rings. The minimum absolute atomic E-state index is 0.0137. The van der Waals surface area contributed by atoms with Crippen LogP contribution in [0.3, 0.4) is 0 Å². The van der Waals surface area contributed by atoms with Crippen molar-refractivity contribution in [3.05, 3.63) is 48.0 Å². The van der Waals surface area contributed by atoms with Gasteiger partial charge in [0.05, 0.1) is 0 Å². The molecule has 0 bridgehead atoms. The number of carbonyl (C=O) groups is 4. The van der Waals surface area contributed by atoms with Crippen molar-refractivity contribution >= 4 is 34.6 Å². The van der Waals surface area contributed by atoms with Gasteiger partial charge in [-0.15, -0.1) is 0 Å². The highest BCUT2D eigenvalue weighted by Crippen LogP contribution is 2.30. The smallest absolute Gasteiger partial charge is 0.326 e. The van der Waals surface area contributed by atoms with Gasteiger partial charge in [-0.3, -0.25) is 19.3 Å². The van der Waals surface area contributed by atoms with Crippen molar-refractivity contribution in [1.82, 2.24) is 15.5 Å². The highest BCUT2D eigenvalue weighted by atomic mass is 16.5. The summed E-state index contributed by atoms with van der Waals surface area (Å²) in [6.45, 7) is 4.48. The Morgan fingerprint density at radius 1 is 1.10 bits per heavy atom. The van der Waals surface area contributed by atoms with Crippen LogP contribution in [0.2, 0.25) is 0 Å². The molecule has 2 N–H and O–H groups in total. The highest BCUT2D eigenvalue weighted by molar-refractivity contribution is 6.09. The second kappa shape index (κ2) is 9.16. The normalized spacial score (nSPS) is 18.4. The van der Waals surface area contributed by atoms with E-state index in [4.69, 9.17) is 4.74 Å². The molecular weight excluding hydrogens is 398 g/mol. The number of fused-ring (bicyclic) bond motifs is 1. The maximum atomic E-state index is 13.0. The quantitative estimate of drug-likeness (QED) is 0.499.